The highest BCUT2D eigenvalue weighted by molar-refractivity contribution is 7.89. The first-order chi connectivity index (χ1) is 9.19. The van der Waals surface area contributed by atoms with Gasteiger partial charge in [-0.1, -0.05) is 20.8 Å². The Kier molecular flexibility index (Phi) is 5.56. The van der Waals surface area contributed by atoms with Gasteiger partial charge in [-0.15, -0.1) is 0 Å². The van der Waals surface area contributed by atoms with E-state index in [0.717, 1.165) is 0 Å². The second kappa shape index (κ2) is 6.56. The second-order valence-electron chi connectivity index (χ2n) is 5.75. The van der Waals surface area contributed by atoms with Crippen molar-refractivity contribution in [1.29, 1.82) is 0 Å². The van der Waals surface area contributed by atoms with Crippen molar-refractivity contribution in [2.24, 2.45) is 5.41 Å². The summed E-state index contributed by atoms with van der Waals surface area (Å²) in [6.45, 7) is 8.22. The maximum Gasteiger partial charge on any atom is 0.240 e. The Morgan fingerprint density at radius 3 is 2.45 bits per heavy atom. The third kappa shape index (κ3) is 4.77. The van der Waals surface area contributed by atoms with Gasteiger partial charge in [0.2, 0.25) is 10.0 Å². The summed E-state index contributed by atoms with van der Waals surface area (Å²) in [6.07, 6.45) is 0. The molecule has 0 heterocycles. The van der Waals surface area contributed by atoms with Crippen LogP contribution >= 0.6 is 0 Å². The summed E-state index contributed by atoms with van der Waals surface area (Å²) in [6, 6.07) is 4.49. The summed E-state index contributed by atoms with van der Waals surface area (Å²) >= 11 is 0. The Bertz CT molecular complexity index is 547. The minimum atomic E-state index is -3.57. The lowest BCUT2D eigenvalue weighted by Crippen LogP contribution is -2.32. The number of aliphatic hydroxyl groups is 1. The molecule has 0 amide bonds. The predicted molar refractivity (Wildman–Crippen MR) is 78.2 cm³/mol. The molecule has 0 saturated heterocycles. The van der Waals surface area contributed by atoms with Crippen molar-refractivity contribution < 1.29 is 18.3 Å². The van der Waals surface area contributed by atoms with Crippen LogP contribution in [0.1, 0.15) is 33.3 Å². The molecule has 0 bridgehead atoms. The van der Waals surface area contributed by atoms with E-state index in [2.05, 4.69) is 4.72 Å². The molecule has 1 aromatic carbocycles. The topological polar surface area (TPSA) is 75.6 Å². The van der Waals surface area contributed by atoms with Gasteiger partial charge in [0, 0.05) is 12.1 Å². The summed E-state index contributed by atoms with van der Waals surface area (Å²) in [4.78, 5) is 0.134. The van der Waals surface area contributed by atoms with Gasteiger partial charge < -0.3 is 9.84 Å². The zero-order valence-corrected chi connectivity index (χ0v) is 13.3. The quantitative estimate of drug-likeness (QED) is 0.841. The van der Waals surface area contributed by atoms with Crippen molar-refractivity contribution in [1.82, 2.24) is 4.72 Å². The molecule has 0 unspecified atom stereocenters. The van der Waals surface area contributed by atoms with E-state index in [9.17, 15) is 13.5 Å². The van der Waals surface area contributed by atoms with Crippen LogP contribution < -0.4 is 9.46 Å². The first-order valence-electron chi connectivity index (χ1n) is 6.56. The number of hydrogen-bond acceptors (Lipinski definition) is 4. The van der Waals surface area contributed by atoms with Crippen LogP contribution in [0.25, 0.3) is 0 Å². The molecule has 1 rings (SSSR count). The lowest BCUT2D eigenvalue weighted by atomic mass is 9.98. The van der Waals surface area contributed by atoms with E-state index in [-0.39, 0.29) is 16.9 Å². The largest absolute Gasteiger partial charge is 0.494 e. The Labute approximate surface area is 121 Å². The van der Waals surface area contributed by atoms with E-state index in [1.54, 1.807) is 6.07 Å². The first-order valence-corrected chi connectivity index (χ1v) is 8.04. The summed E-state index contributed by atoms with van der Waals surface area (Å²) in [7, 11) is -3.57. The summed E-state index contributed by atoms with van der Waals surface area (Å²) in [5.74, 6) is 0.504. The molecule has 0 spiro atoms. The number of hydrogen-bond donors (Lipinski definition) is 2. The fraction of sp³-hybridized carbons (Fsp3) is 0.571. The van der Waals surface area contributed by atoms with Crippen LogP contribution in [-0.2, 0) is 16.6 Å². The Balaban J connectivity index is 3.01. The molecule has 0 saturated carbocycles. The number of ether oxygens (including phenoxy) is 1. The van der Waals surface area contributed by atoms with E-state index >= 15 is 0 Å². The molecule has 20 heavy (non-hydrogen) atoms. The van der Waals surface area contributed by atoms with Crippen molar-refractivity contribution >= 4 is 10.0 Å². The van der Waals surface area contributed by atoms with Crippen LogP contribution in [0.3, 0.4) is 0 Å². The molecule has 2 N–H and O–H groups in total. The van der Waals surface area contributed by atoms with Crippen LogP contribution in [0.2, 0.25) is 0 Å². The highest BCUT2D eigenvalue weighted by Crippen LogP contribution is 2.23. The van der Waals surface area contributed by atoms with Crippen LogP contribution in [0, 0.1) is 5.41 Å². The summed E-state index contributed by atoms with van der Waals surface area (Å²) in [5.41, 5.74) is 0.323. The molecular formula is C14H23NO4S. The van der Waals surface area contributed by atoms with E-state index < -0.39 is 10.0 Å². The molecule has 114 valence electrons. The average molecular weight is 301 g/mol. The zero-order chi connectivity index (χ0) is 15.4. The number of nitrogens with one attached hydrogen (secondary N) is 1. The molecule has 0 aliphatic heterocycles. The minimum absolute atomic E-state index is 0.134. The van der Waals surface area contributed by atoms with Crippen LogP contribution in [0.4, 0.5) is 0 Å². The Hall–Kier alpha value is -1.11. The molecule has 0 aliphatic carbocycles. The number of rotatable bonds is 6. The second-order valence-corrected chi connectivity index (χ2v) is 7.51. The molecule has 0 aliphatic rings. The molecule has 0 atom stereocenters. The average Bonchev–Trinajstić information content (AvgIpc) is 2.36. The fourth-order valence-electron chi connectivity index (χ4n) is 1.54. The SMILES string of the molecule is CCOc1ccc(S(=O)(=O)NCC(C)(C)C)cc1CO. The molecular weight excluding hydrogens is 278 g/mol. The van der Waals surface area contributed by atoms with E-state index in [1.165, 1.54) is 12.1 Å². The van der Waals surface area contributed by atoms with Gasteiger partial charge in [-0.05, 0) is 30.5 Å². The fourth-order valence-corrected chi connectivity index (χ4v) is 2.87. The lowest BCUT2D eigenvalue weighted by molar-refractivity contribution is 0.266. The lowest BCUT2D eigenvalue weighted by Gasteiger charge is -2.19. The van der Waals surface area contributed by atoms with Crippen molar-refractivity contribution in [3.63, 3.8) is 0 Å². The van der Waals surface area contributed by atoms with Crippen molar-refractivity contribution in [3.8, 4) is 5.75 Å². The summed E-state index contributed by atoms with van der Waals surface area (Å²) < 4.78 is 32.3. The van der Waals surface area contributed by atoms with Crippen LogP contribution in [0.15, 0.2) is 23.1 Å². The van der Waals surface area contributed by atoms with Crippen molar-refractivity contribution in [2.75, 3.05) is 13.2 Å². The molecule has 1 aromatic rings. The van der Waals surface area contributed by atoms with Crippen molar-refractivity contribution in [2.45, 2.75) is 39.2 Å². The Morgan fingerprint density at radius 2 is 1.95 bits per heavy atom. The summed E-state index contributed by atoms with van der Waals surface area (Å²) in [5, 5.41) is 9.30. The molecule has 0 fully saturated rings. The standard InChI is InChI=1S/C14H23NO4S/c1-5-19-13-7-6-12(8-11(13)9-16)20(17,18)15-10-14(2,3)4/h6-8,15-16H,5,9-10H2,1-4H3. The monoisotopic (exact) mass is 301 g/mol. The number of benzene rings is 1. The predicted octanol–water partition coefficient (Wildman–Crippen LogP) is 1.90. The van der Waals surface area contributed by atoms with Gasteiger partial charge >= 0.3 is 0 Å². The maximum absolute atomic E-state index is 12.2. The van der Waals surface area contributed by atoms with E-state index in [0.29, 0.717) is 24.5 Å². The molecule has 6 heteroatoms. The normalized spacial score (nSPS) is 12.4. The molecule has 0 aromatic heterocycles. The van der Waals surface area contributed by atoms with Crippen LogP contribution in [0.5, 0.6) is 5.75 Å². The number of sulfonamides is 1. The van der Waals surface area contributed by atoms with Crippen LogP contribution in [-0.4, -0.2) is 26.7 Å². The van der Waals surface area contributed by atoms with Crippen molar-refractivity contribution in [3.05, 3.63) is 23.8 Å². The molecule has 0 radical (unpaired) electrons. The number of aliphatic hydroxyl groups excluding tert-OH is 1. The smallest absolute Gasteiger partial charge is 0.240 e. The van der Waals surface area contributed by atoms with Gasteiger partial charge in [0.05, 0.1) is 18.1 Å². The van der Waals surface area contributed by atoms with Gasteiger partial charge in [-0.3, -0.25) is 0 Å². The third-order valence-electron chi connectivity index (χ3n) is 2.60. The van der Waals surface area contributed by atoms with Gasteiger partial charge in [0.1, 0.15) is 5.75 Å². The Morgan fingerprint density at radius 1 is 1.30 bits per heavy atom. The van der Waals surface area contributed by atoms with E-state index in [1.807, 2.05) is 27.7 Å². The van der Waals surface area contributed by atoms with Gasteiger partial charge in [0.25, 0.3) is 0 Å². The molecule has 5 nitrogen and oxygen atoms in total. The van der Waals surface area contributed by atoms with E-state index in [4.69, 9.17) is 4.74 Å². The zero-order valence-electron chi connectivity index (χ0n) is 12.4. The highest BCUT2D eigenvalue weighted by atomic mass is 32.2. The maximum atomic E-state index is 12.2. The van der Waals surface area contributed by atoms with Gasteiger partial charge in [-0.2, -0.15) is 0 Å². The van der Waals surface area contributed by atoms with Gasteiger partial charge in [0.15, 0.2) is 0 Å². The third-order valence-corrected chi connectivity index (χ3v) is 4.00. The van der Waals surface area contributed by atoms with Gasteiger partial charge in [-0.25, -0.2) is 13.1 Å². The minimum Gasteiger partial charge on any atom is -0.494 e. The highest BCUT2D eigenvalue weighted by Gasteiger charge is 2.19. The first kappa shape index (κ1) is 16.9.